The van der Waals surface area contributed by atoms with Crippen LogP contribution in [0.3, 0.4) is 0 Å². The van der Waals surface area contributed by atoms with E-state index in [4.69, 9.17) is 5.73 Å². The monoisotopic (exact) mass is 437 g/mol. The summed E-state index contributed by atoms with van der Waals surface area (Å²) in [6.07, 6.45) is -4.84. The molecule has 4 N–H and O–H groups in total. The van der Waals surface area contributed by atoms with Crippen LogP contribution in [-0.2, 0) is 6.18 Å². The Kier molecular flexibility index (Phi) is 5.33. The maximum atomic E-state index is 13.3. The van der Waals surface area contributed by atoms with E-state index >= 15 is 0 Å². The van der Waals surface area contributed by atoms with E-state index in [1.54, 1.807) is 11.0 Å². The number of thiophene rings is 1. The van der Waals surface area contributed by atoms with Crippen molar-refractivity contribution in [1.29, 1.82) is 0 Å². The Hall–Kier alpha value is -2.43. The standard InChI is InChI=1S/C20H22F3N5OS/c1-10-11(2)26-27-19-15(10)16(24)17(30-19)18(29)25-12-7-8-28(9-12)14-6-4-3-5-13(14)20(21,22)23/h3-6,12,18,25,29H,7-9,24H2,1-2H3. The molecule has 160 valence electrons. The van der Waals surface area contributed by atoms with Crippen molar-refractivity contribution in [1.82, 2.24) is 15.5 Å². The molecule has 0 amide bonds. The minimum Gasteiger partial charge on any atom is -0.397 e. The molecule has 0 spiro atoms. The van der Waals surface area contributed by atoms with Gasteiger partial charge in [0.05, 0.1) is 21.8 Å². The van der Waals surface area contributed by atoms with E-state index in [1.807, 2.05) is 13.8 Å². The number of nitrogen functional groups attached to an aromatic ring is 1. The zero-order valence-electron chi connectivity index (χ0n) is 16.5. The summed E-state index contributed by atoms with van der Waals surface area (Å²) >= 11 is 1.27. The lowest BCUT2D eigenvalue weighted by Crippen LogP contribution is -2.35. The van der Waals surface area contributed by atoms with Crippen LogP contribution in [0.15, 0.2) is 24.3 Å². The van der Waals surface area contributed by atoms with Crippen LogP contribution in [0.5, 0.6) is 0 Å². The van der Waals surface area contributed by atoms with Gasteiger partial charge < -0.3 is 15.7 Å². The van der Waals surface area contributed by atoms with Crippen molar-refractivity contribution in [2.75, 3.05) is 23.7 Å². The molecule has 0 saturated carbocycles. The number of alkyl halides is 3. The summed E-state index contributed by atoms with van der Waals surface area (Å²) in [4.78, 5) is 2.89. The molecule has 6 nitrogen and oxygen atoms in total. The number of halogens is 3. The van der Waals surface area contributed by atoms with E-state index in [0.717, 1.165) is 22.7 Å². The minimum absolute atomic E-state index is 0.159. The van der Waals surface area contributed by atoms with Crippen LogP contribution in [0.4, 0.5) is 24.5 Å². The highest BCUT2D eigenvalue weighted by atomic mass is 32.1. The van der Waals surface area contributed by atoms with Gasteiger partial charge in [-0.05, 0) is 38.0 Å². The van der Waals surface area contributed by atoms with Gasteiger partial charge in [-0.15, -0.1) is 16.4 Å². The van der Waals surface area contributed by atoms with Gasteiger partial charge in [0, 0.05) is 30.2 Å². The Morgan fingerprint density at radius 3 is 2.73 bits per heavy atom. The summed E-state index contributed by atoms with van der Waals surface area (Å²) < 4.78 is 40.0. The number of nitrogens with two attached hydrogens (primary N) is 1. The molecular formula is C20H22F3N5OS. The minimum atomic E-state index is -4.41. The zero-order valence-corrected chi connectivity index (χ0v) is 17.3. The van der Waals surface area contributed by atoms with Crippen LogP contribution in [0.25, 0.3) is 10.2 Å². The molecule has 0 aliphatic carbocycles. The van der Waals surface area contributed by atoms with Crippen LogP contribution in [-0.4, -0.2) is 34.4 Å². The van der Waals surface area contributed by atoms with Gasteiger partial charge >= 0.3 is 6.18 Å². The lowest BCUT2D eigenvalue weighted by atomic mass is 10.1. The van der Waals surface area contributed by atoms with Crippen molar-refractivity contribution in [3.8, 4) is 0 Å². The Morgan fingerprint density at radius 2 is 2.00 bits per heavy atom. The number of nitrogens with one attached hydrogen (secondary N) is 1. The van der Waals surface area contributed by atoms with Crippen LogP contribution < -0.4 is 16.0 Å². The molecule has 2 atom stereocenters. The number of fused-ring (bicyclic) bond motifs is 1. The number of aliphatic hydroxyl groups is 1. The Balaban J connectivity index is 1.52. The summed E-state index contributed by atoms with van der Waals surface area (Å²) in [6, 6.07) is 5.38. The highest BCUT2D eigenvalue weighted by Crippen LogP contribution is 2.39. The quantitative estimate of drug-likeness (QED) is 0.539. The van der Waals surface area contributed by atoms with Crippen molar-refractivity contribution >= 4 is 32.9 Å². The number of anilines is 2. The largest absolute Gasteiger partial charge is 0.418 e. The molecule has 3 heterocycles. The Bertz CT molecular complexity index is 1080. The molecule has 30 heavy (non-hydrogen) atoms. The van der Waals surface area contributed by atoms with Gasteiger partial charge in [0.15, 0.2) is 0 Å². The molecule has 2 aromatic heterocycles. The summed E-state index contributed by atoms with van der Waals surface area (Å²) in [7, 11) is 0. The normalized spacial score (nSPS) is 18.3. The zero-order chi connectivity index (χ0) is 21.6. The first-order chi connectivity index (χ1) is 14.2. The maximum Gasteiger partial charge on any atom is 0.418 e. The number of nitrogens with zero attached hydrogens (tertiary/aromatic N) is 3. The molecule has 10 heteroatoms. The number of aromatic nitrogens is 2. The molecule has 4 rings (SSSR count). The van der Waals surface area contributed by atoms with Gasteiger partial charge in [0.1, 0.15) is 11.1 Å². The van der Waals surface area contributed by atoms with Crippen LogP contribution >= 0.6 is 11.3 Å². The van der Waals surface area contributed by atoms with Crippen molar-refractivity contribution in [3.63, 3.8) is 0 Å². The third-order valence-corrected chi connectivity index (χ3v) is 6.69. The highest BCUT2D eigenvalue weighted by Gasteiger charge is 2.36. The summed E-state index contributed by atoms with van der Waals surface area (Å²) in [6.45, 7) is 4.57. The Morgan fingerprint density at radius 1 is 1.27 bits per heavy atom. The molecule has 1 fully saturated rings. The van der Waals surface area contributed by atoms with E-state index in [9.17, 15) is 18.3 Å². The van der Waals surface area contributed by atoms with Crippen LogP contribution in [0, 0.1) is 13.8 Å². The van der Waals surface area contributed by atoms with Crippen molar-refractivity contribution in [2.24, 2.45) is 0 Å². The van der Waals surface area contributed by atoms with E-state index in [-0.39, 0.29) is 11.7 Å². The second-order valence-corrected chi connectivity index (χ2v) is 8.52. The smallest absolute Gasteiger partial charge is 0.397 e. The number of aryl methyl sites for hydroxylation is 2. The first-order valence-corrected chi connectivity index (χ1v) is 10.4. The second kappa shape index (κ2) is 7.68. The molecule has 1 aliphatic heterocycles. The van der Waals surface area contributed by atoms with Gasteiger partial charge in [0.2, 0.25) is 0 Å². The molecule has 0 bridgehead atoms. The highest BCUT2D eigenvalue weighted by molar-refractivity contribution is 7.19. The molecule has 2 unspecified atom stereocenters. The molecule has 1 aromatic carbocycles. The first kappa shape index (κ1) is 20.8. The first-order valence-electron chi connectivity index (χ1n) is 9.54. The molecule has 1 saturated heterocycles. The maximum absolute atomic E-state index is 13.3. The Labute approximate surface area is 175 Å². The van der Waals surface area contributed by atoms with Crippen molar-refractivity contribution in [3.05, 3.63) is 46.0 Å². The fraction of sp³-hybridized carbons (Fsp3) is 0.400. The predicted molar refractivity (Wildman–Crippen MR) is 111 cm³/mol. The van der Waals surface area contributed by atoms with Crippen molar-refractivity contribution in [2.45, 2.75) is 38.7 Å². The lowest BCUT2D eigenvalue weighted by molar-refractivity contribution is -0.137. The van der Waals surface area contributed by atoms with E-state index in [0.29, 0.717) is 34.9 Å². The van der Waals surface area contributed by atoms with E-state index in [2.05, 4.69) is 15.5 Å². The van der Waals surface area contributed by atoms with Crippen LogP contribution in [0.2, 0.25) is 0 Å². The summed E-state index contributed by atoms with van der Waals surface area (Å²) in [5, 5.41) is 22.9. The number of hydrogen-bond donors (Lipinski definition) is 3. The van der Waals surface area contributed by atoms with Gasteiger partial charge in [-0.1, -0.05) is 12.1 Å². The SMILES string of the molecule is Cc1nnc2sc(C(O)NC3CCN(c4ccccc4C(F)(F)F)C3)c(N)c2c1C. The number of rotatable bonds is 4. The second-order valence-electron chi connectivity index (χ2n) is 7.49. The summed E-state index contributed by atoms with van der Waals surface area (Å²) in [5.41, 5.74) is 7.94. The molecule has 0 radical (unpaired) electrons. The van der Waals surface area contributed by atoms with Crippen LogP contribution in [0.1, 0.15) is 34.3 Å². The summed E-state index contributed by atoms with van der Waals surface area (Å²) in [5.74, 6) is 0. The van der Waals surface area contributed by atoms with Gasteiger partial charge in [-0.3, -0.25) is 5.32 Å². The number of para-hydroxylation sites is 1. The van der Waals surface area contributed by atoms with Crippen molar-refractivity contribution < 1.29 is 18.3 Å². The molecular weight excluding hydrogens is 415 g/mol. The average molecular weight is 437 g/mol. The fourth-order valence-electron chi connectivity index (χ4n) is 3.86. The van der Waals surface area contributed by atoms with E-state index < -0.39 is 18.0 Å². The number of aliphatic hydroxyl groups excluding tert-OH is 1. The van der Waals surface area contributed by atoms with E-state index in [1.165, 1.54) is 23.5 Å². The number of benzene rings is 1. The lowest BCUT2D eigenvalue weighted by Gasteiger charge is -2.24. The topological polar surface area (TPSA) is 87.3 Å². The average Bonchev–Trinajstić information content (AvgIpc) is 3.29. The molecule has 1 aliphatic rings. The third-order valence-electron chi connectivity index (χ3n) is 5.54. The van der Waals surface area contributed by atoms with Gasteiger partial charge in [-0.25, -0.2) is 0 Å². The van der Waals surface area contributed by atoms with Gasteiger partial charge in [0.25, 0.3) is 0 Å². The van der Waals surface area contributed by atoms with Gasteiger partial charge in [-0.2, -0.15) is 18.3 Å². The predicted octanol–water partition coefficient (Wildman–Crippen LogP) is 3.77. The fourth-order valence-corrected chi connectivity index (χ4v) is 4.91. The number of hydrogen-bond acceptors (Lipinski definition) is 7. The third kappa shape index (κ3) is 3.70. The molecule has 3 aromatic rings.